The van der Waals surface area contributed by atoms with Gasteiger partial charge in [-0.1, -0.05) is 6.07 Å². The molecular formula is C14H19N3. The van der Waals surface area contributed by atoms with Crippen molar-refractivity contribution in [1.82, 2.24) is 10.2 Å². The Morgan fingerprint density at radius 3 is 2.47 bits per heavy atom. The number of aromatic amines is 1. The molecule has 0 amide bonds. The predicted octanol–water partition coefficient (Wildman–Crippen LogP) is 3.26. The van der Waals surface area contributed by atoms with Crippen LogP contribution in [0, 0.1) is 27.7 Å². The van der Waals surface area contributed by atoms with Crippen molar-refractivity contribution >= 4 is 5.69 Å². The van der Waals surface area contributed by atoms with E-state index in [0.717, 1.165) is 23.6 Å². The van der Waals surface area contributed by atoms with Crippen LogP contribution in [0.2, 0.25) is 0 Å². The van der Waals surface area contributed by atoms with Crippen LogP contribution in [-0.4, -0.2) is 10.2 Å². The monoisotopic (exact) mass is 229 g/mol. The smallest absolute Gasteiger partial charge is 0.0643 e. The van der Waals surface area contributed by atoms with Gasteiger partial charge in [-0.15, -0.1) is 0 Å². The molecule has 2 rings (SSSR count). The molecular weight excluding hydrogens is 210 g/mol. The number of aromatic nitrogens is 2. The number of hydrogen-bond donors (Lipinski definition) is 2. The van der Waals surface area contributed by atoms with E-state index in [2.05, 4.69) is 54.5 Å². The van der Waals surface area contributed by atoms with Crippen LogP contribution in [-0.2, 0) is 6.54 Å². The number of nitrogens with zero attached hydrogens (tertiary/aromatic N) is 1. The van der Waals surface area contributed by atoms with Gasteiger partial charge in [0.2, 0.25) is 0 Å². The average Bonchev–Trinajstić information content (AvgIpc) is 2.61. The Hall–Kier alpha value is -1.77. The second-order valence-corrected chi connectivity index (χ2v) is 4.57. The van der Waals surface area contributed by atoms with E-state index in [0.29, 0.717) is 0 Å². The number of H-pyrrole nitrogens is 1. The summed E-state index contributed by atoms with van der Waals surface area (Å²) >= 11 is 0. The first-order chi connectivity index (χ1) is 8.08. The average molecular weight is 229 g/mol. The summed E-state index contributed by atoms with van der Waals surface area (Å²) < 4.78 is 0. The van der Waals surface area contributed by atoms with Gasteiger partial charge in [0.15, 0.2) is 0 Å². The molecule has 0 bridgehead atoms. The molecule has 90 valence electrons. The van der Waals surface area contributed by atoms with Gasteiger partial charge in [0.25, 0.3) is 0 Å². The SMILES string of the molecule is Cc1ccc(NCc2c(C)n[nH]c2C)cc1C. The highest BCUT2D eigenvalue weighted by Crippen LogP contribution is 2.16. The largest absolute Gasteiger partial charge is 0.381 e. The summed E-state index contributed by atoms with van der Waals surface area (Å²) in [4.78, 5) is 0. The molecule has 0 aliphatic rings. The van der Waals surface area contributed by atoms with E-state index in [4.69, 9.17) is 0 Å². The summed E-state index contributed by atoms with van der Waals surface area (Å²) in [5.41, 5.74) is 7.26. The Kier molecular flexibility index (Phi) is 3.18. The predicted molar refractivity (Wildman–Crippen MR) is 71.3 cm³/mol. The van der Waals surface area contributed by atoms with Crippen LogP contribution in [0.15, 0.2) is 18.2 Å². The number of hydrogen-bond acceptors (Lipinski definition) is 2. The highest BCUT2D eigenvalue weighted by atomic mass is 15.1. The zero-order valence-electron chi connectivity index (χ0n) is 10.9. The van der Waals surface area contributed by atoms with Crippen molar-refractivity contribution in [3.8, 4) is 0 Å². The van der Waals surface area contributed by atoms with E-state index >= 15 is 0 Å². The number of anilines is 1. The van der Waals surface area contributed by atoms with E-state index in [9.17, 15) is 0 Å². The summed E-state index contributed by atoms with van der Waals surface area (Å²) in [6, 6.07) is 6.44. The topological polar surface area (TPSA) is 40.7 Å². The first-order valence-corrected chi connectivity index (χ1v) is 5.89. The molecule has 1 heterocycles. The Labute approximate surface area is 102 Å². The van der Waals surface area contributed by atoms with Crippen molar-refractivity contribution in [3.63, 3.8) is 0 Å². The van der Waals surface area contributed by atoms with Gasteiger partial charge in [-0.25, -0.2) is 0 Å². The van der Waals surface area contributed by atoms with E-state index < -0.39 is 0 Å². The van der Waals surface area contributed by atoms with Gasteiger partial charge in [0, 0.05) is 23.5 Å². The number of aryl methyl sites for hydroxylation is 4. The van der Waals surface area contributed by atoms with Gasteiger partial charge in [-0.2, -0.15) is 5.10 Å². The lowest BCUT2D eigenvalue weighted by molar-refractivity contribution is 1.02. The van der Waals surface area contributed by atoms with Crippen molar-refractivity contribution in [2.45, 2.75) is 34.2 Å². The van der Waals surface area contributed by atoms with Crippen LogP contribution in [0.4, 0.5) is 5.69 Å². The first-order valence-electron chi connectivity index (χ1n) is 5.89. The summed E-state index contributed by atoms with van der Waals surface area (Å²) in [5, 5.41) is 10.6. The lowest BCUT2D eigenvalue weighted by atomic mass is 10.1. The number of rotatable bonds is 3. The highest BCUT2D eigenvalue weighted by molar-refractivity contribution is 5.48. The van der Waals surface area contributed by atoms with E-state index in [1.807, 2.05) is 6.92 Å². The molecule has 0 atom stereocenters. The molecule has 0 aliphatic heterocycles. The molecule has 0 aliphatic carbocycles. The van der Waals surface area contributed by atoms with E-state index in [1.165, 1.54) is 16.7 Å². The fourth-order valence-corrected chi connectivity index (χ4v) is 1.88. The number of benzene rings is 1. The van der Waals surface area contributed by atoms with Crippen LogP contribution in [0.5, 0.6) is 0 Å². The maximum Gasteiger partial charge on any atom is 0.0643 e. The van der Waals surface area contributed by atoms with Crippen molar-refractivity contribution < 1.29 is 0 Å². The Morgan fingerprint density at radius 2 is 1.88 bits per heavy atom. The third kappa shape index (κ3) is 2.49. The molecule has 1 aromatic heterocycles. The third-order valence-electron chi connectivity index (χ3n) is 3.26. The molecule has 17 heavy (non-hydrogen) atoms. The molecule has 2 aromatic rings. The molecule has 0 radical (unpaired) electrons. The molecule has 0 unspecified atom stereocenters. The minimum absolute atomic E-state index is 0.816. The zero-order valence-corrected chi connectivity index (χ0v) is 10.9. The molecule has 0 spiro atoms. The summed E-state index contributed by atoms with van der Waals surface area (Å²) in [6.07, 6.45) is 0. The van der Waals surface area contributed by atoms with Crippen LogP contribution in [0.25, 0.3) is 0 Å². The van der Waals surface area contributed by atoms with Gasteiger partial charge in [-0.05, 0) is 51.0 Å². The molecule has 3 nitrogen and oxygen atoms in total. The molecule has 3 heteroatoms. The van der Waals surface area contributed by atoms with Gasteiger partial charge in [0.1, 0.15) is 0 Å². The van der Waals surface area contributed by atoms with Crippen molar-refractivity contribution in [3.05, 3.63) is 46.3 Å². The Bertz CT molecular complexity index is 507. The highest BCUT2D eigenvalue weighted by Gasteiger charge is 2.05. The van der Waals surface area contributed by atoms with Crippen LogP contribution < -0.4 is 5.32 Å². The summed E-state index contributed by atoms with van der Waals surface area (Å²) in [7, 11) is 0. The lowest BCUT2D eigenvalue weighted by Gasteiger charge is -2.09. The summed E-state index contributed by atoms with van der Waals surface area (Å²) in [5.74, 6) is 0. The van der Waals surface area contributed by atoms with Crippen LogP contribution >= 0.6 is 0 Å². The molecule has 0 fully saturated rings. The van der Waals surface area contributed by atoms with Gasteiger partial charge >= 0.3 is 0 Å². The maximum absolute atomic E-state index is 4.20. The molecule has 1 aromatic carbocycles. The van der Waals surface area contributed by atoms with Gasteiger partial charge in [-0.3, -0.25) is 5.10 Å². The third-order valence-corrected chi connectivity index (χ3v) is 3.26. The number of nitrogens with one attached hydrogen (secondary N) is 2. The second-order valence-electron chi connectivity index (χ2n) is 4.57. The minimum Gasteiger partial charge on any atom is -0.381 e. The normalized spacial score (nSPS) is 10.6. The van der Waals surface area contributed by atoms with Gasteiger partial charge in [0.05, 0.1) is 5.69 Å². The first kappa shape index (κ1) is 11.7. The molecule has 0 saturated heterocycles. The molecule has 0 saturated carbocycles. The van der Waals surface area contributed by atoms with Crippen molar-refractivity contribution in [2.24, 2.45) is 0 Å². The van der Waals surface area contributed by atoms with Gasteiger partial charge < -0.3 is 5.32 Å². The Morgan fingerprint density at radius 1 is 1.12 bits per heavy atom. The minimum atomic E-state index is 0.816. The zero-order chi connectivity index (χ0) is 12.4. The van der Waals surface area contributed by atoms with E-state index in [-0.39, 0.29) is 0 Å². The second kappa shape index (κ2) is 4.62. The fourth-order valence-electron chi connectivity index (χ4n) is 1.88. The quantitative estimate of drug-likeness (QED) is 0.848. The van der Waals surface area contributed by atoms with Crippen molar-refractivity contribution in [2.75, 3.05) is 5.32 Å². The lowest BCUT2D eigenvalue weighted by Crippen LogP contribution is -2.01. The van der Waals surface area contributed by atoms with Crippen LogP contribution in [0.1, 0.15) is 28.1 Å². The van der Waals surface area contributed by atoms with E-state index in [1.54, 1.807) is 0 Å². The standard InChI is InChI=1S/C14H19N3/c1-9-5-6-13(7-10(9)2)15-8-14-11(3)16-17-12(14)4/h5-7,15H,8H2,1-4H3,(H,16,17). The molecule has 2 N–H and O–H groups in total. The van der Waals surface area contributed by atoms with Crippen molar-refractivity contribution in [1.29, 1.82) is 0 Å². The maximum atomic E-state index is 4.20. The summed E-state index contributed by atoms with van der Waals surface area (Å²) in [6.45, 7) is 9.16. The Balaban J connectivity index is 2.10. The fraction of sp³-hybridized carbons (Fsp3) is 0.357. The van der Waals surface area contributed by atoms with Crippen LogP contribution in [0.3, 0.4) is 0 Å².